The third-order valence-electron chi connectivity index (χ3n) is 4.83. The van der Waals surface area contributed by atoms with E-state index in [4.69, 9.17) is 9.47 Å². The second-order valence-corrected chi connectivity index (χ2v) is 8.93. The molecule has 0 unspecified atom stereocenters. The van der Waals surface area contributed by atoms with Gasteiger partial charge in [-0.15, -0.1) is 0 Å². The number of anilines is 1. The van der Waals surface area contributed by atoms with E-state index in [9.17, 15) is 13.2 Å². The minimum atomic E-state index is -3.73. The molecule has 168 valence electrons. The number of ether oxygens (including phenoxy) is 2. The number of benzene rings is 3. The topological polar surface area (TPSA) is 93.7 Å². The Bertz CT molecular complexity index is 1160. The van der Waals surface area contributed by atoms with E-state index < -0.39 is 10.0 Å². The van der Waals surface area contributed by atoms with Gasteiger partial charge in [0.05, 0.1) is 18.0 Å². The second kappa shape index (κ2) is 10.2. The largest absolute Gasteiger partial charge is 0.497 e. The van der Waals surface area contributed by atoms with Crippen molar-refractivity contribution in [2.24, 2.45) is 0 Å². The summed E-state index contributed by atoms with van der Waals surface area (Å²) in [5.74, 6) is 0.904. The van der Waals surface area contributed by atoms with Gasteiger partial charge in [-0.1, -0.05) is 30.3 Å². The molecule has 0 saturated carbocycles. The number of carbonyl (C=O) groups excluding carboxylic acids is 1. The van der Waals surface area contributed by atoms with E-state index in [1.54, 1.807) is 44.4 Å². The van der Waals surface area contributed by atoms with Gasteiger partial charge >= 0.3 is 0 Å². The highest BCUT2D eigenvalue weighted by Gasteiger charge is 2.16. The van der Waals surface area contributed by atoms with E-state index in [0.717, 1.165) is 11.3 Å². The van der Waals surface area contributed by atoms with Crippen LogP contribution >= 0.6 is 0 Å². The number of hydrogen-bond donors (Lipinski definition) is 2. The van der Waals surface area contributed by atoms with Crippen LogP contribution in [0.1, 0.15) is 24.1 Å². The molecule has 3 rings (SSSR count). The van der Waals surface area contributed by atoms with E-state index in [1.165, 1.54) is 12.1 Å². The van der Waals surface area contributed by atoms with Gasteiger partial charge in [0.1, 0.15) is 11.5 Å². The molecule has 1 atom stereocenters. The molecule has 0 radical (unpaired) electrons. The molecule has 0 fully saturated rings. The fraction of sp³-hybridized carbons (Fsp3) is 0.208. The zero-order valence-corrected chi connectivity index (χ0v) is 19.0. The third-order valence-corrected chi connectivity index (χ3v) is 6.21. The minimum absolute atomic E-state index is 0.115. The molecule has 0 spiro atoms. The molecule has 7 nitrogen and oxygen atoms in total. The SMILES string of the molecule is COc1ccc([C@H](C)NC(=O)COc2ccc(S(=O)(=O)Nc3ccccc3)cc2C)cc1. The summed E-state index contributed by atoms with van der Waals surface area (Å²) in [6.45, 7) is 3.43. The van der Waals surface area contributed by atoms with Crippen molar-refractivity contribution in [3.05, 3.63) is 83.9 Å². The zero-order chi connectivity index (χ0) is 23.1. The molecule has 0 aliphatic rings. The van der Waals surface area contributed by atoms with Gasteiger partial charge < -0.3 is 14.8 Å². The zero-order valence-electron chi connectivity index (χ0n) is 18.2. The summed E-state index contributed by atoms with van der Waals surface area (Å²) in [6, 6.07) is 20.4. The molecule has 0 aliphatic carbocycles. The molecule has 0 saturated heterocycles. The Morgan fingerprint density at radius 1 is 1.00 bits per heavy atom. The maximum absolute atomic E-state index is 12.6. The minimum Gasteiger partial charge on any atom is -0.497 e. The molecular weight excluding hydrogens is 428 g/mol. The Morgan fingerprint density at radius 2 is 1.69 bits per heavy atom. The fourth-order valence-electron chi connectivity index (χ4n) is 3.07. The predicted molar refractivity (Wildman–Crippen MR) is 123 cm³/mol. The maximum atomic E-state index is 12.6. The van der Waals surface area contributed by atoms with Crippen molar-refractivity contribution in [3.8, 4) is 11.5 Å². The summed E-state index contributed by atoms with van der Waals surface area (Å²) in [6.07, 6.45) is 0. The van der Waals surface area contributed by atoms with Crippen molar-refractivity contribution in [2.75, 3.05) is 18.4 Å². The van der Waals surface area contributed by atoms with E-state index >= 15 is 0 Å². The highest BCUT2D eigenvalue weighted by atomic mass is 32.2. The lowest BCUT2D eigenvalue weighted by molar-refractivity contribution is -0.123. The third kappa shape index (κ3) is 6.01. The van der Waals surface area contributed by atoms with Gasteiger partial charge in [0, 0.05) is 5.69 Å². The molecule has 0 aromatic heterocycles. The van der Waals surface area contributed by atoms with Gasteiger partial charge in [0.2, 0.25) is 0 Å². The average molecular weight is 455 g/mol. The lowest BCUT2D eigenvalue weighted by Gasteiger charge is -2.16. The fourth-order valence-corrected chi connectivity index (χ4v) is 4.22. The summed E-state index contributed by atoms with van der Waals surface area (Å²) in [4.78, 5) is 12.4. The van der Waals surface area contributed by atoms with Gasteiger partial charge in [-0.3, -0.25) is 9.52 Å². The van der Waals surface area contributed by atoms with Crippen LogP contribution in [0.3, 0.4) is 0 Å². The molecule has 0 bridgehead atoms. The smallest absolute Gasteiger partial charge is 0.261 e. The Kier molecular flexibility index (Phi) is 7.37. The lowest BCUT2D eigenvalue weighted by Crippen LogP contribution is -2.31. The Morgan fingerprint density at radius 3 is 2.31 bits per heavy atom. The van der Waals surface area contributed by atoms with Gasteiger partial charge in [0.25, 0.3) is 15.9 Å². The molecule has 3 aromatic rings. The predicted octanol–water partition coefficient (Wildman–Crippen LogP) is 4.06. The number of sulfonamides is 1. The number of methoxy groups -OCH3 is 1. The molecule has 0 heterocycles. The standard InChI is InChI=1S/C24H26N2O5S/c1-17-15-22(32(28,29)26-20-7-5-4-6-8-20)13-14-23(17)31-16-24(27)25-18(2)19-9-11-21(30-3)12-10-19/h4-15,18,26H,16H2,1-3H3,(H,25,27)/t18-/m0/s1. The van der Waals surface area contributed by atoms with E-state index in [2.05, 4.69) is 10.0 Å². The van der Waals surface area contributed by atoms with Crippen LogP contribution in [-0.2, 0) is 14.8 Å². The van der Waals surface area contributed by atoms with Gasteiger partial charge in [-0.25, -0.2) is 8.42 Å². The highest BCUT2D eigenvalue weighted by Crippen LogP contribution is 2.24. The molecule has 1 amide bonds. The summed E-state index contributed by atoms with van der Waals surface area (Å²) in [5.41, 5.74) is 2.03. The number of hydrogen-bond acceptors (Lipinski definition) is 5. The normalized spacial score (nSPS) is 12.0. The second-order valence-electron chi connectivity index (χ2n) is 7.25. The van der Waals surface area contributed by atoms with Crippen LogP contribution in [0.25, 0.3) is 0 Å². The van der Waals surface area contributed by atoms with E-state index in [-0.39, 0.29) is 23.5 Å². The number of rotatable bonds is 9. The van der Waals surface area contributed by atoms with Crippen LogP contribution in [0.5, 0.6) is 11.5 Å². The molecule has 3 aromatic carbocycles. The van der Waals surface area contributed by atoms with Crippen molar-refractivity contribution in [3.63, 3.8) is 0 Å². The highest BCUT2D eigenvalue weighted by molar-refractivity contribution is 7.92. The molecular formula is C24H26N2O5S. The number of nitrogens with one attached hydrogen (secondary N) is 2. The number of para-hydroxylation sites is 1. The first-order valence-electron chi connectivity index (χ1n) is 10.0. The Hall–Kier alpha value is -3.52. The Balaban J connectivity index is 1.58. The number of carbonyl (C=O) groups is 1. The maximum Gasteiger partial charge on any atom is 0.261 e. The van der Waals surface area contributed by atoms with Gasteiger partial charge in [-0.05, 0) is 67.4 Å². The Labute approximate surface area is 188 Å². The van der Waals surface area contributed by atoms with Crippen molar-refractivity contribution < 1.29 is 22.7 Å². The monoisotopic (exact) mass is 454 g/mol. The van der Waals surface area contributed by atoms with Crippen molar-refractivity contribution in [2.45, 2.75) is 24.8 Å². The van der Waals surface area contributed by atoms with E-state index in [0.29, 0.717) is 17.0 Å². The molecule has 0 aliphatic heterocycles. The first-order chi connectivity index (χ1) is 15.3. The summed E-state index contributed by atoms with van der Waals surface area (Å²) < 4.78 is 38.5. The van der Waals surface area contributed by atoms with Crippen LogP contribution in [0.2, 0.25) is 0 Å². The summed E-state index contributed by atoms with van der Waals surface area (Å²) in [5, 5.41) is 2.88. The molecule has 8 heteroatoms. The van der Waals surface area contributed by atoms with Crippen molar-refractivity contribution in [1.82, 2.24) is 5.32 Å². The van der Waals surface area contributed by atoms with Gasteiger partial charge in [0.15, 0.2) is 6.61 Å². The number of amides is 1. The van der Waals surface area contributed by atoms with Crippen molar-refractivity contribution in [1.29, 1.82) is 0 Å². The first-order valence-corrected chi connectivity index (χ1v) is 11.5. The summed E-state index contributed by atoms with van der Waals surface area (Å²) in [7, 11) is -2.13. The van der Waals surface area contributed by atoms with Crippen LogP contribution in [0.15, 0.2) is 77.7 Å². The average Bonchev–Trinajstić information content (AvgIpc) is 2.78. The first kappa shape index (κ1) is 23.1. The van der Waals surface area contributed by atoms with Crippen LogP contribution in [0.4, 0.5) is 5.69 Å². The van der Waals surface area contributed by atoms with Gasteiger partial charge in [-0.2, -0.15) is 0 Å². The summed E-state index contributed by atoms with van der Waals surface area (Å²) >= 11 is 0. The van der Waals surface area contributed by atoms with Crippen LogP contribution in [-0.4, -0.2) is 28.0 Å². The number of aryl methyl sites for hydroxylation is 1. The van der Waals surface area contributed by atoms with Crippen LogP contribution in [0, 0.1) is 6.92 Å². The van der Waals surface area contributed by atoms with E-state index in [1.807, 2.05) is 37.3 Å². The van der Waals surface area contributed by atoms with Crippen molar-refractivity contribution >= 4 is 21.6 Å². The lowest BCUT2D eigenvalue weighted by atomic mass is 10.1. The molecule has 2 N–H and O–H groups in total. The quantitative estimate of drug-likeness (QED) is 0.509. The molecule has 32 heavy (non-hydrogen) atoms. The van der Waals surface area contributed by atoms with Crippen LogP contribution < -0.4 is 19.5 Å².